The van der Waals surface area contributed by atoms with Crippen LogP contribution in [0.3, 0.4) is 0 Å². The Hall–Kier alpha value is -0.920. The minimum Gasteiger partial charge on any atom is -0.320 e. The summed E-state index contributed by atoms with van der Waals surface area (Å²) >= 11 is 0. The van der Waals surface area contributed by atoms with Gasteiger partial charge in [-0.3, -0.25) is 4.68 Å². The number of rotatable bonds is 9. The summed E-state index contributed by atoms with van der Waals surface area (Å²) in [7, 11) is -1.30. The van der Waals surface area contributed by atoms with E-state index < -0.39 is 10.0 Å². The molecule has 0 atom stereocenters. The van der Waals surface area contributed by atoms with Crippen LogP contribution in [0.5, 0.6) is 0 Å². The van der Waals surface area contributed by atoms with Gasteiger partial charge in [0.1, 0.15) is 0 Å². The van der Waals surface area contributed by atoms with Crippen LogP contribution in [0.25, 0.3) is 0 Å². The predicted octanol–water partition coefficient (Wildman–Crippen LogP) is -0.198. The van der Waals surface area contributed by atoms with Gasteiger partial charge < -0.3 is 5.32 Å². The van der Waals surface area contributed by atoms with Crippen molar-refractivity contribution in [1.29, 1.82) is 0 Å². The maximum absolute atomic E-state index is 11.5. The van der Waals surface area contributed by atoms with Crippen molar-refractivity contribution in [3.63, 3.8) is 0 Å². The zero-order valence-electron chi connectivity index (χ0n) is 10.1. The van der Waals surface area contributed by atoms with E-state index in [2.05, 4.69) is 15.1 Å². The van der Waals surface area contributed by atoms with Gasteiger partial charge in [-0.1, -0.05) is 0 Å². The van der Waals surface area contributed by atoms with Crippen LogP contribution in [0.4, 0.5) is 0 Å². The molecule has 0 aromatic carbocycles. The van der Waals surface area contributed by atoms with Crippen molar-refractivity contribution in [1.82, 2.24) is 19.8 Å². The normalized spacial score (nSPS) is 11.8. The summed E-state index contributed by atoms with van der Waals surface area (Å²) in [6.07, 6.45) is 4.95. The van der Waals surface area contributed by atoms with Crippen molar-refractivity contribution < 1.29 is 8.42 Å². The Labute approximate surface area is 102 Å². The Morgan fingerprint density at radius 2 is 2.12 bits per heavy atom. The fourth-order valence-electron chi connectivity index (χ4n) is 1.41. The average Bonchev–Trinajstić information content (AvgIpc) is 2.77. The van der Waals surface area contributed by atoms with Gasteiger partial charge in [0.2, 0.25) is 10.0 Å². The van der Waals surface area contributed by atoms with E-state index in [9.17, 15) is 8.42 Å². The molecule has 0 fully saturated rings. The van der Waals surface area contributed by atoms with Crippen LogP contribution in [0, 0.1) is 0 Å². The second kappa shape index (κ2) is 7.41. The smallest absolute Gasteiger partial charge is 0.211 e. The summed E-state index contributed by atoms with van der Waals surface area (Å²) in [5.74, 6) is 0.176. The molecule has 17 heavy (non-hydrogen) atoms. The van der Waals surface area contributed by atoms with E-state index in [0.29, 0.717) is 19.5 Å². The lowest BCUT2D eigenvalue weighted by atomic mass is 10.4. The van der Waals surface area contributed by atoms with Gasteiger partial charge in [-0.05, 0) is 32.5 Å². The Balaban J connectivity index is 2.12. The van der Waals surface area contributed by atoms with Gasteiger partial charge in [-0.15, -0.1) is 0 Å². The molecule has 1 rings (SSSR count). The van der Waals surface area contributed by atoms with E-state index in [0.717, 1.165) is 13.0 Å². The van der Waals surface area contributed by atoms with E-state index in [1.165, 1.54) is 0 Å². The van der Waals surface area contributed by atoms with E-state index in [-0.39, 0.29) is 5.75 Å². The van der Waals surface area contributed by atoms with Gasteiger partial charge >= 0.3 is 0 Å². The van der Waals surface area contributed by atoms with Crippen LogP contribution < -0.4 is 10.0 Å². The predicted molar refractivity (Wildman–Crippen MR) is 67.2 cm³/mol. The van der Waals surface area contributed by atoms with Gasteiger partial charge in [-0.2, -0.15) is 5.10 Å². The minimum absolute atomic E-state index is 0.176. The maximum atomic E-state index is 11.5. The molecule has 0 aliphatic heterocycles. The summed E-state index contributed by atoms with van der Waals surface area (Å²) in [5.41, 5.74) is 0. The third-order valence-electron chi connectivity index (χ3n) is 2.28. The van der Waals surface area contributed by atoms with Crippen LogP contribution in [-0.2, 0) is 16.6 Å². The third-order valence-corrected chi connectivity index (χ3v) is 3.76. The van der Waals surface area contributed by atoms with E-state index >= 15 is 0 Å². The minimum atomic E-state index is -3.11. The standard InChI is InChI=1S/C10H20N4O2S/c1-11-5-4-10-17(15,16)13-7-3-9-14-8-2-6-12-14/h2,6,8,11,13H,3-5,7,9-10H2,1H3. The van der Waals surface area contributed by atoms with E-state index in [1.807, 2.05) is 19.3 Å². The molecule has 1 aromatic heterocycles. The SMILES string of the molecule is CNCCCS(=O)(=O)NCCCn1cccn1. The van der Waals surface area contributed by atoms with Crippen LogP contribution in [0.1, 0.15) is 12.8 Å². The Bertz CT molecular complexity index is 388. The fraction of sp³-hybridized carbons (Fsp3) is 0.700. The molecule has 7 heteroatoms. The lowest BCUT2D eigenvalue weighted by Crippen LogP contribution is -2.29. The number of sulfonamides is 1. The summed E-state index contributed by atoms with van der Waals surface area (Å²) in [6, 6.07) is 1.85. The highest BCUT2D eigenvalue weighted by molar-refractivity contribution is 7.89. The van der Waals surface area contributed by atoms with Crippen molar-refractivity contribution in [3.8, 4) is 0 Å². The van der Waals surface area contributed by atoms with Crippen molar-refractivity contribution in [3.05, 3.63) is 18.5 Å². The molecular weight excluding hydrogens is 240 g/mol. The number of hydrogen-bond donors (Lipinski definition) is 2. The zero-order valence-corrected chi connectivity index (χ0v) is 10.9. The topological polar surface area (TPSA) is 76.0 Å². The molecule has 0 amide bonds. The molecule has 0 aliphatic rings. The summed E-state index contributed by atoms with van der Waals surface area (Å²) < 4.78 is 27.4. The molecule has 0 saturated carbocycles. The fourth-order valence-corrected chi connectivity index (χ4v) is 2.54. The first kappa shape index (κ1) is 14.1. The number of aromatic nitrogens is 2. The molecule has 6 nitrogen and oxygen atoms in total. The van der Waals surface area contributed by atoms with E-state index in [1.54, 1.807) is 10.9 Å². The van der Waals surface area contributed by atoms with Crippen LogP contribution in [0.2, 0.25) is 0 Å². The van der Waals surface area contributed by atoms with Crippen molar-refractivity contribution in [2.75, 3.05) is 25.9 Å². The number of hydrogen-bond acceptors (Lipinski definition) is 4. The first-order valence-electron chi connectivity index (χ1n) is 5.73. The highest BCUT2D eigenvalue weighted by atomic mass is 32.2. The number of nitrogens with one attached hydrogen (secondary N) is 2. The number of aryl methyl sites for hydroxylation is 1. The van der Waals surface area contributed by atoms with Crippen molar-refractivity contribution in [2.24, 2.45) is 0 Å². The first-order chi connectivity index (χ1) is 8.14. The molecule has 0 spiro atoms. The summed E-state index contributed by atoms with van der Waals surface area (Å²) in [6.45, 7) is 1.90. The Morgan fingerprint density at radius 3 is 2.76 bits per heavy atom. The molecule has 1 aromatic rings. The largest absolute Gasteiger partial charge is 0.320 e. The van der Waals surface area contributed by atoms with Crippen LogP contribution in [0.15, 0.2) is 18.5 Å². The monoisotopic (exact) mass is 260 g/mol. The van der Waals surface area contributed by atoms with Crippen LogP contribution >= 0.6 is 0 Å². The molecule has 2 N–H and O–H groups in total. The molecule has 1 heterocycles. The highest BCUT2D eigenvalue weighted by Crippen LogP contribution is 1.92. The highest BCUT2D eigenvalue weighted by Gasteiger charge is 2.08. The van der Waals surface area contributed by atoms with Crippen molar-refractivity contribution >= 4 is 10.0 Å². The zero-order chi connectivity index (χ0) is 12.6. The molecule has 0 bridgehead atoms. The van der Waals surface area contributed by atoms with E-state index in [4.69, 9.17) is 0 Å². The van der Waals surface area contributed by atoms with Gasteiger partial charge in [0.25, 0.3) is 0 Å². The second-order valence-corrected chi connectivity index (χ2v) is 5.72. The Morgan fingerprint density at radius 1 is 1.29 bits per heavy atom. The molecule has 98 valence electrons. The molecule has 0 aliphatic carbocycles. The van der Waals surface area contributed by atoms with Gasteiger partial charge in [0.05, 0.1) is 5.75 Å². The Kier molecular flexibility index (Phi) is 6.17. The van der Waals surface area contributed by atoms with Gasteiger partial charge in [-0.25, -0.2) is 13.1 Å². The van der Waals surface area contributed by atoms with Gasteiger partial charge in [0, 0.05) is 25.5 Å². The maximum Gasteiger partial charge on any atom is 0.211 e. The van der Waals surface area contributed by atoms with Crippen molar-refractivity contribution in [2.45, 2.75) is 19.4 Å². The average molecular weight is 260 g/mol. The summed E-state index contributed by atoms with van der Waals surface area (Å²) in [5, 5.41) is 6.96. The van der Waals surface area contributed by atoms with Gasteiger partial charge in [0.15, 0.2) is 0 Å². The molecule has 0 radical (unpaired) electrons. The third kappa shape index (κ3) is 6.40. The van der Waals surface area contributed by atoms with Crippen LogP contribution in [-0.4, -0.2) is 44.1 Å². The number of nitrogens with zero attached hydrogens (tertiary/aromatic N) is 2. The molecule has 0 saturated heterocycles. The lowest BCUT2D eigenvalue weighted by molar-refractivity contribution is 0.551. The molecule has 0 unspecified atom stereocenters. The lowest BCUT2D eigenvalue weighted by Gasteiger charge is -2.06. The second-order valence-electron chi connectivity index (χ2n) is 3.79. The summed E-state index contributed by atoms with van der Waals surface area (Å²) in [4.78, 5) is 0. The first-order valence-corrected chi connectivity index (χ1v) is 7.38. The quantitative estimate of drug-likeness (QED) is 0.603. The molecular formula is C10H20N4O2S.